The minimum atomic E-state index is -3.83. The molecule has 0 amide bonds. The van der Waals surface area contributed by atoms with Gasteiger partial charge in [-0.1, -0.05) is 18.2 Å². The minimum Gasteiger partial charge on any atom is -0.467 e. The molecule has 0 bridgehead atoms. The lowest BCUT2D eigenvalue weighted by molar-refractivity contribution is -0.159. The van der Waals surface area contributed by atoms with Crippen LogP contribution >= 0.6 is 0 Å². The standard InChI is InChI=1S/C23H30N6O7S/c1-23(2)35-11-19(36-23)18(33-14-29-13-27-20-21(24)25-12-26-22(20)29)10-28-37(30,31)9-8-16-6-4-5-7-17(16)34-15-32-3/h4-9,12-13,18-19,28H,10-11,14-15H2,1-3H3,(H2,24,25,26)/b9-8+/t18-,19?/m1/s1. The summed E-state index contributed by atoms with van der Waals surface area (Å²) in [5.41, 5.74) is 7.38. The van der Waals surface area contributed by atoms with Gasteiger partial charge in [0, 0.05) is 24.6 Å². The molecule has 1 aliphatic heterocycles. The van der Waals surface area contributed by atoms with Crippen LogP contribution in [-0.2, 0) is 35.7 Å². The number of fused-ring (bicyclic) bond motifs is 1. The van der Waals surface area contributed by atoms with Crippen molar-refractivity contribution in [3.05, 3.63) is 47.9 Å². The number of nitrogens with one attached hydrogen (secondary N) is 1. The number of hydrogen-bond acceptors (Lipinski definition) is 11. The van der Waals surface area contributed by atoms with Crippen molar-refractivity contribution in [2.24, 2.45) is 0 Å². The van der Waals surface area contributed by atoms with E-state index in [1.807, 2.05) is 0 Å². The molecule has 0 spiro atoms. The van der Waals surface area contributed by atoms with Crippen LogP contribution in [0.15, 0.2) is 42.3 Å². The van der Waals surface area contributed by atoms with Gasteiger partial charge in [-0.2, -0.15) is 0 Å². The van der Waals surface area contributed by atoms with Gasteiger partial charge in [0.15, 0.2) is 24.0 Å². The van der Waals surface area contributed by atoms with Gasteiger partial charge >= 0.3 is 0 Å². The normalized spacial score (nSPS) is 18.5. The highest BCUT2D eigenvalue weighted by Gasteiger charge is 2.38. The monoisotopic (exact) mass is 534 g/mol. The van der Waals surface area contributed by atoms with E-state index in [2.05, 4.69) is 19.7 Å². The van der Waals surface area contributed by atoms with E-state index in [0.29, 0.717) is 22.5 Å². The summed E-state index contributed by atoms with van der Waals surface area (Å²) in [6, 6.07) is 7.02. The first-order valence-electron chi connectivity index (χ1n) is 11.4. The van der Waals surface area contributed by atoms with Crippen LogP contribution in [0.3, 0.4) is 0 Å². The van der Waals surface area contributed by atoms with E-state index >= 15 is 0 Å². The topological polar surface area (TPSA) is 162 Å². The fourth-order valence-electron chi connectivity index (χ4n) is 3.65. The Morgan fingerprint density at radius 1 is 1.30 bits per heavy atom. The molecule has 200 valence electrons. The molecule has 0 saturated carbocycles. The van der Waals surface area contributed by atoms with Gasteiger partial charge in [-0.3, -0.25) is 4.57 Å². The highest BCUT2D eigenvalue weighted by molar-refractivity contribution is 7.92. The zero-order valence-electron chi connectivity index (χ0n) is 20.7. The van der Waals surface area contributed by atoms with Gasteiger partial charge in [0.25, 0.3) is 0 Å². The van der Waals surface area contributed by atoms with Crippen LogP contribution in [0.4, 0.5) is 5.82 Å². The summed E-state index contributed by atoms with van der Waals surface area (Å²) in [4.78, 5) is 12.3. The van der Waals surface area contributed by atoms with Crippen molar-refractivity contribution < 1.29 is 32.1 Å². The van der Waals surface area contributed by atoms with Gasteiger partial charge < -0.3 is 29.4 Å². The second-order valence-electron chi connectivity index (χ2n) is 8.63. The first-order valence-corrected chi connectivity index (χ1v) is 13.0. The van der Waals surface area contributed by atoms with Crippen LogP contribution in [0.1, 0.15) is 19.4 Å². The molecule has 0 radical (unpaired) electrons. The van der Waals surface area contributed by atoms with E-state index in [4.69, 9.17) is 29.4 Å². The van der Waals surface area contributed by atoms with Crippen molar-refractivity contribution >= 4 is 33.1 Å². The van der Waals surface area contributed by atoms with Crippen molar-refractivity contribution in [1.29, 1.82) is 0 Å². The molecule has 2 atom stereocenters. The molecule has 3 aromatic rings. The van der Waals surface area contributed by atoms with Crippen molar-refractivity contribution in [2.75, 3.05) is 32.8 Å². The maximum atomic E-state index is 12.8. The first kappa shape index (κ1) is 26.9. The van der Waals surface area contributed by atoms with E-state index in [9.17, 15) is 8.42 Å². The Balaban J connectivity index is 1.45. The number of nitrogens with two attached hydrogens (primary N) is 1. The van der Waals surface area contributed by atoms with Crippen molar-refractivity contribution in [3.8, 4) is 5.75 Å². The quantitative estimate of drug-likeness (QED) is 0.324. The molecule has 1 fully saturated rings. The SMILES string of the molecule is COCOc1ccccc1/C=C/S(=O)(=O)NC[C@@H](OCn1cnc2c(N)ncnc21)C1COC(C)(C)O1. The molecule has 1 unspecified atom stereocenters. The summed E-state index contributed by atoms with van der Waals surface area (Å²) in [5, 5.41) is 1.07. The molecule has 1 aliphatic rings. The maximum absolute atomic E-state index is 12.8. The van der Waals surface area contributed by atoms with Crippen LogP contribution in [0.5, 0.6) is 5.75 Å². The third kappa shape index (κ3) is 7.00. The second-order valence-corrected chi connectivity index (χ2v) is 10.3. The second kappa shape index (κ2) is 11.5. The third-order valence-corrected chi connectivity index (χ3v) is 6.53. The number of sulfonamides is 1. The van der Waals surface area contributed by atoms with E-state index < -0.39 is 28.0 Å². The number of imidazole rings is 1. The van der Waals surface area contributed by atoms with E-state index in [-0.39, 0.29) is 32.5 Å². The predicted molar refractivity (Wildman–Crippen MR) is 134 cm³/mol. The largest absolute Gasteiger partial charge is 0.467 e. The number of aromatic nitrogens is 4. The molecule has 37 heavy (non-hydrogen) atoms. The van der Waals surface area contributed by atoms with Gasteiger partial charge in [0.2, 0.25) is 10.0 Å². The summed E-state index contributed by atoms with van der Waals surface area (Å²) in [6.45, 7) is 3.80. The Bertz CT molecular complexity index is 1340. The zero-order valence-corrected chi connectivity index (χ0v) is 21.6. The van der Waals surface area contributed by atoms with Gasteiger partial charge in [-0.25, -0.2) is 28.1 Å². The molecular formula is C23H30N6O7S. The molecule has 14 heteroatoms. The van der Waals surface area contributed by atoms with Gasteiger partial charge in [-0.15, -0.1) is 0 Å². The summed E-state index contributed by atoms with van der Waals surface area (Å²) in [5.74, 6) is -0.0727. The Kier molecular flexibility index (Phi) is 8.36. The summed E-state index contributed by atoms with van der Waals surface area (Å²) in [7, 11) is -2.33. The number of ether oxygens (including phenoxy) is 5. The van der Waals surface area contributed by atoms with Crippen LogP contribution in [-0.4, -0.2) is 73.0 Å². The van der Waals surface area contributed by atoms with Crippen LogP contribution in [0.2, 0.25) is 0 Å². The van der Waals surface area contributed by atoms with E-state index in [1.165, 1.54) is 25.8 Å². The van der Waals surface area contributed by atoms with Crippen LogP contribution in [0, 0.1) is 0 Å². The fraction of sp³-hybridized carbons (Fsp3) is 0.435. The molecule has 1 saturated heterocycles. The highest BCUT2D eigenvalue weighted by atomic mass is 32.2. The summed E-state index contributed by atoms with van der Waals surface area (Å²) in [6.07, 6.45) is 3.11. The average Bonchev–Trinajstić information content (AvgIpc) is 3.45. The predicted octanol–water partition coefficient (Wildman–Crippen LogP) is 1.48. The Morgan fingerprint density at radius 2 is 2.11 bits per heavy atom. The Morgan fingerprint density at radius 3 is 2.86 bits per heavy atom. The molecule has 13 nitrogen and oxygen atoms in total. The molecule has 2 aromatic heterocycles. The van der Waals surface area contributed by atoms with Crippen LogP contribution < -0.4 is 15.2 Å². The summed E-state index contributed by atoms with van der Waals surface area (Å²) >= 11 is 0. The fourth-order valence-corrected chi connectivity index (χ4v) is 4.47. The van der Waals surface area contributed by atoms with Crippen molar-refractivity contribution in [3.63, 3.8) is 0 Å². The Labute approximate surface area is 214 Å². The number of nitrogens with zero attached hydrogens (tertiary/aromatic N) is 4. The average molecular weight is 535 g/mol. The molecular weight excluding hydrogens is 504 g/mol. The molecule has 3 N–H and O–H groups in total. The van der Waals surface area contributed by atoms with Gasteiger partial charge in [0.1, 0.15) is 36.5 Å². The van der Waals surface area contributed by atoms with E-state index in [1.54, 1.807) is 42.7 Å². The number of rotatable bonds is 12. The van der Waals surface area contributed by atoms with Crippen molar-refractivity contribution in [2.45, 2.75) is 38.6 Å². The van der Waals surface area contributed by atoms with Crippen molar-refractivity contribution in [1.82, 2.24) is 24.2 Å². The lowest BCUT2D eigenvalue weighted by atomic mass is 10.2. The zero-order chi connectivity index (χ0) is 26.5. The maximum Gasteiger partial charge on any atom is 0.233 e. The first-order chi connectivity index (χ1) is 17.7. The third-order valence-electron chi connectivity index (χ3n) is 5.47. The molecule has 4 rings (SSSR count). The van der Waals surface area contributed by atoms with Gasteiger partial charge in [0.05, 0.1) is 12.9 Å². The molecule has 1 aromatic carbocycles. The number of para-hydroxylation sites is 1. The number of hydrogen-bond donors (Lipinski definition) is 2. The summed E-state index contributed by atoms with van der Waals surface area (Å²) < 4.78 is 57.8. The number of nitrogen functional groups attached to an aromatic ring is 1. The lowest BCUT2D eigenvalue weighted by Gasteiger charge is -2.24. The lowest BCUT2D eigenvalue weighted by Crippen LogP contribution is -2.42. The Hall–Kier alpha value is -3.14. The minimum absolute atomic E-state index is 0.0275. The molecule has 0 aliphatic carbocycles. The molecule has 3 heterocycles. The highest BCUT2D eigenvalue weighted by Crippen LogP contribution is 2.26. The van der Waals surface area contributed by atoms with Crippen LogP contribution in [0.25, 0.3) is 17.2 Å². The number of methoxy groups -OCH3 is 1. The number of benzene rings is 1. The smallest absolute Gasteiger partial charge is 0.233 e. The van der Waals surface area contributed by atoms with Gasteiger partial charge in [-0.05, 0) is 26.0 Å². The van der Waals surface area contributed by atoms with E-state index in [0.717, 1.165) is 5.41 Å². The number of anilines is 1.